The molecule has 0 bridgehead atoms. The summed E-state index contributed by atoms with van der Waals surface area (Å²) in [7, 11) is 0. The van der Waals surface area contributed by atoms with Gasteiger partial charge in [0.15, 0.2) is 6.61 Å². The van der Waals surface area contributed by atoms with Crippen LogP contribution in [0.25, 0.3) is 0 Å². The third kappa shape index (κ3) is 3.63. The summed E-state index contributed by atoms with van der Waals surface area (Å²) >= 11 is 3.34. The van der Waals surface area contributed by atoms with E-state index in [1.165, 1.54) is 6.42 Å². The van der Waals surface area contributed by atoms with Gasteiger partial charge in [0.2, 0.25) is 0 Å². The number of amides is 1. The Morgan fingerprint density at radius 1 is 1.28 bits per heavy atom. The number of anilines is 1. The van der Waals surface area contributed by atoms with Crippen molar-refractivity contribution in [3.05, 3.63) is 22.7 Å². The second-order valence-electron chi connectivity index (χ2n) is 4.45. The van der Waals surface area contributed by atoms with Crippen LogP contribution in [0.1, 0.15) is 19.3 Å². The number of nitrogen functional groups attached to an aromatic ring is 1. The topological polar surface area (TPSA) is 55.6 Å². The van der Waals surface area contributed by atoms with Crippen LogP contribution >= 0.6 is 15.9 Å². The molecule has 0 aliphatic carbocycles. The van der Waals surface area contributed by atoms with Gasteiger partial charge in [-0.15, -0.1) is 0 Å². The number of piperidine rings is 1. The van der Waals surface area contributed by atoms with E-state index in [1.54, 1.807) is 18.2 Å². The van der Waals surface area contributed by atoms with Crippen LogP contribution in [-0.2, 0) is 4.79 Å². The molecule has 0 saturated carbocycles. The Bertz CT molecular complexity index is 411. The van der Waals surface area contributed by atoms with Gasteiger partial charge in [-0.1, -0.05) is 15.9 Å². The highest BCUT2D eigenvalue weighted by molar-refractivity contribution is 9.10. The zero-order valence-corrected chi connectivity index (χ0v) is 11.8. The van der Waals surface area contributed by atoms with Gasteiger partial charge >= 0.3 is 0 Å². The molecule has 1 aromatic carbocycles. The third-order valence-electron chi connectivity index (χ3n) is 2.96. The molecule has 1 fully saturated rings. The van der Waals surface area contributed by atoms with Crippen LogP contribution in [0.2, 0.25) is 0 Å². The number of carbonyl (C=O) groups is 1. The Balaban J connectivity index is 1.88. The number of carbonyl (C=O) groups excluding carboxylic acids is 1. The van der Waals surface area contributed by atoms with Crippen molar-refractivity contribution in [2.75, 3.05) is 25.4 Å². The molecule has 0 unspecified atom stereocenters. The number of nitrogens with two attached hydrogens (primary N) is 1. The average Bonchev–Trinajstić information content (AvgIpc) is 2.36. The number of nitrogens with zero attached hydrogens (tertiary/aromatic N) is 1. The summed E-state index contributed by atoms with van der Waals surface area (Å²) in [6.07, 6.45) is 3.40. The van der Waals surface area contributed by atoms with Gasteiger partial charge in [-0.25, -0.2) is 0 Å². The predicted octanol–water partition coefficient (Wildman–Crippen LogP) is 2.42. The number of ether oxygens (including phenoxy) is 1. The van der Waals surface area contributed by atoms with Crippen LogP contribution < -0.4 is 10.5 Å². The highest BCUT2D eigenvalue weighted by Crippen LogP contribution is 2.22. The first-order valence-corrected chi connectivity index (χ1v) is 6.91. The van der Waals surface area contributed by atoms with Crippen LogP contribution in [0.15, 0.2) is 22.7 Å². The largest absolute Gasteiger partial charge is 0.484 e. The number of hydrogen-bond donors (Lipinski definition) is 1. The van der Waals surface area contributed by atoms with Crippen molar-refractivity contribution in [1.29, 1.82) is 0 Å². The second kappa shape index (κ2) is 6.09. The highest BCUT2D eigenvalue weighted by atomic mass is 79.9. The Morgan fingerprint density at radius 2 is 2.00 bits per heavy atom. The van der Waals surface area contributed by atoms with E-state index in [2.05, 4.69) is 15.9 Å². The first-order chi connectivity index (χ1) is 8.65. The highest BCUT2D eigenvalue weighted by Gasteiger charge is 2.16. The zero-order valence-electron chi connectivity index (χ0n) is 10.2. The van der Waals surface area contributed by atoms with E-state index >= 15 is 0 Å². The van der Waals surface area contributed by atoms with Crippen LogP contribution in [0.4, 0.5) is 5.69 Å². The predicted molar refractivity (Wildman–Crippen MR) is 74.5 cm³/mol. The molecule has 1 amide bonds. The van der Waals surface area contributed by atoms with Crippen LogP contribution in [0, 0.1) is 0 Å². The SMILES string of the molecule is Nc1cc(Br)cc(OCC(=O)N2CCCCC2)c1. The van der Waals surface area contributed by atoms with Crippen molar-refractivity contribution >= 4 is 27.5 Å². The van der Waals surface area contributed by atoms with E-state index < -0.39 is 0 Å². The van der Waals surface area contributed by atoms with Gasteiger partial charge in [-0.3, -0.25) is 4.79 Å². The van der Waals surface area contributed by atoms with Gasteiger partial charge in [0.05, 0.1) is 0 Å². The third-order valence-corrected chi connectivity index (χ3v) is 3.42. The normalized spacial score (nSPS) is 15.5. The smallest absolute Gasteiger partial charge is 0.260 e. The molecule has 1 aliphatic rings. The summed E-state index contributed by atoms with van der Waals surface area (Å²) in [6.45, 7) is 1.78. The van der Waals surface area contributed by atoms with Gasteiger partial charge < -0.3 is 15.4 Å². The first-order valence-electron chi connectivity index (χ1n) is 6.12. The summed E-state index contributed by atoms with van der Waals surface area (Å²) < 4.78 is 6.33. The molecule has 0 spiro atoms. The van der Waals surface area contributed by atoms with Crippen molar-refractivity contribution in [3.8, 4) is 5.75 Å². The van der Waals surface area contributed by atoms with Crippen molar-refractivity contribution < 1.29 is 9.53 Å². The van der Waals surface area contributed by atoms with Gasteiger partial charge in [0.1, 0.15) is 5.75 Å². The van der Waals surface area contributed by atoms with Gasteiger partial charge in [0.25, 0.3) is 5.91 Å². The molecule has 2 N–H and O–H groups in total. The fraction of sp³-hybridized carbons (Fsp3) is 0.462. The summed E-state index contributed by atoms with van der Waals surface area (Å²) in [5.41, 5.74) is 6.32. The lowest BCUT2D eigenvalue weighted by Gasteiger charge is -2.26. The van der Waals surface area contributed by atoms with E-state index in [-0.39, 0.29) is 12.5 Å². The lowest BCUT2D eigenvalue weighted by molar-refractivity contribution is -0.134. The van der Waals surface area contributed by atoms with Gasteiger partial charge in [-0.2, -0.15) is 0 Å². The summed E-state index contributed by atoms with van der Waals surface area (Å²) in [4.78, 5) is 13.8. The molecule has 1 saturated heterocycles. The lowest BCUT2D eigenvalue weighted by atomic mass is 10.1. The quantitative estimate of drug-likeness (QED) is 0.872. The Kier molecular flexibility index (Phi) is 4.47. The van der Waals surface area contributed by atoms with E-state index in [9.17, 15) is 4.79 Å². The minimum atomic E-state index is 0.0493. The maximum Gasteiger partial charge on any atom is 0.260 e. The molecule has 98 valence electrons. The molecule has 18 heavy (non-hydrogen) atoms. The molecule has 0 atom stereocenters. The Labute approximate surface area is 115 Å². The summed E-state index contributed by atoms with van der Waals surface area (Å²) in [6, 6.07) is 5.31. The molecule has 1 heterocycles. The zero-order chi connectivity index (χ0) is 13.0. The molecule has 4 nitrogen and oxygen atoms in total. The van der Waals surface area contributed by atoms with Gasteiger partial charge in [-0.05, 0) is 31.4 Å². The Morgan fingerprint density at radius 3 is 2.67 bits per heavy atom. The minimum Gasteiger partial charge on any atom is -0.484 e. The van der Waals surface area contributed by atoms with Crippen molar-refractivity contribution in [2.24, 2.45) is 0 Å². The standard InChI is InChI=1S/C13H17BrN2O2/c14-10-6-11(15)8-12(7-10)18-9-13(17)16-4-2-1-3-5-16/h6-8H,1-5,9,15H2. The molecular formula is C13H17BrN2O2. The Hall–Kier alpha value is -1.23. The molecule has 1 aromatic rings. The molecule has 0 aromatic heterocycles. The minimum absolute atomic E-state index is 0.0493. The van der Waals surface area contributed by atoms with Crippen LogP contribution in [-0.4, -0.2) is 30.5 Å². The monoisotopic (exact) mass is 312 g/mol. The molecule has 5 heteroatoms. The van der Waals surface area contributed by atoms with E-state index in [0.29, 0.717) is 11.4 Å². The summed E-state index contributed by atoms with van der Waals surface area (Å²) in [5.74, 6) is 0.667. The van der Waals surface area contributed by atoms with Crippen molar-refractivity contribution in [3.63, 3.8) is 0 Å². The number of halogens is 1. The second-order valence-corrected chi connectivity index (χ2v) is 5.37. The first kappa shape index (κ1) is 13.2. The molecule has 0 radical (unpaired) electrons. The fourth-order valence-electron chi connectivity index (χ4n) is 2.05. The maximum absolute atomic E-state index is 11.9. The number of benzene rings is 1. The van der Waals surface area contributed by atoms with E-state index in [0.717, 1.165) is 30.4 Å². The number of likely N-dealkylation sites (tertiary alicyclic amines) is 1. The molecule has 2 rings (SSSR count). The van der Waals surface area contributed by atoms with Crippen LogP contribution in [0.5, 0.6) is 5.75 Å². The van der Waals surface area contributed by atoms with Crippen molar-refractivity contribution in [2.45, 2.75) is 19.3 Å². The molecular weight excluding hydrogens is 296 g/mol. The number of rotatable bonds is 3. The van der Waals surface area contributed by atoms with E-state index in [4.69, 9.17) is 10.5 Å². The maximum atomic E-state index is 11.9. The fourth-order valence-corrected chi connectivity index (χ4v) is 2.54. The molecule has 1 aliphatic heterocycles. The van der Waals surface area contributed by atoms with Crippen molar-refractivity contribution in [1.82, 2.24) is 4.90 Å². The van der Waals surface area contributed by atoms with Gasteiger partial charge in [0, 0.05) is 29.3 Å². The lowest BCUT2D eigenvalue weighted by Crippen LogP contribution is -2.38. The van der Waals surface area contributed by atoms with E-state index in [1.807, 2.05) is 4.90 Å². The average molecular weight is 313 g/mol. The number of hydrogen-bond acceptors (Lipinski definition) is 3. The van der Waals surface area contributed by atoms with Crippen LogP contribution in [0.3, 0.4) is 0 Å². The summed E-state index contributed by atoms with van der Waals surface area (Å²) in [5, 5.41) is 0.